The molecule has 9 nitrogen and oxygen atoms in total. The molecular formula is C24H16ClF6IN6O3. The summed E-state index contributed by atoms with van der Waals surface area (Å²) in [5, 5.41) is 9.77. The van der Waals surface area contributed by atoms with Crippen molar-refractivity contribution in [1.82, 2.24) is 24.5 Å². The molecule has 41 heavy (non-hydrogen) atoms. The molecule has 216 valence electrons. The van der Waals surface area contributed by atoms with E-state index < -0.39 is 42.2 Å². The van der Waals surface area contributed by atoms with Crippen molar-refractivity contribution in [1.29, 1.82) is 0 Å². The summed E-state index contributed by atoms with van der Waals surface area (Å²) in [5.41, 5.74) is -3.39. The highest BCUT2D eigenvalue weighted by molar-refractivity contribution is 14.1. The fourth-order valence-corrected chi connectivity index (χ4v) is 4.76. The number of rotatable bonds is 6. The molecule has 0 spiro atoms. The molecule has 0 bridgehead atoms. The maximum absolute atomic E-state index is 13.5. The number of halogens is 8. The minimum atomic E-state index is -5.17. The second-order valence-corrected chi connectivity index (χ2v) is 10.1. The van der Waals surface area contributed by atoms with E-state index in [0.717, 1.165) is 17.9 Å². The molecule has 0 saturated carbocycles. The number of nitrogens with one attached hydrogen (secondary N) is 1. The Kier molecular flexibility index (Phi) is 8.35. The maximum atomic E-state index is 13.5. The van der Waals surface area contributed by atoms with Gasteiger partial charge in [-0.3, -0.25) is 9.48 Å². The number of hydrogen-bond acceptors (Lipinski definition) is 6. The zero-order chi connectivity index (χ0) is 30.3. The number of benzene rings is 1. The number of carbonyl (C=O) groups is 2. The SMILES string of the molecule is COC(=O)c1cc(I)cc(C)c1NC(=O)c1cc(Cn2nc(C(F)(F)F)cc2C(F)(F)F)nn1-c1ncccc1Cl. The third kappa shape index (κ3) is 6.47. The number of carbonyl (C=O) groups excluding carboxylic acids is 2. The van der Waals surface area contributed by atoms with Gasteiger partial charge in [0.15, 0.2) is 11.5 Å². The van der Waals surface area contributed by atoms with Crippen molar-refractivity contribution < 1.29 is 40.7 Å². The van der Waals surface area contributed by atoms with E-state index in [-0.39, 0.29) is 44.2 Å². The van der Waals surface area contributed by atoms with Crippen LogP contribution in [0, 0.1) is 10.5 Å². The molecule has 0 unspecified atom stereocenters. The summed E-state index contributed by atoms with van der Waals surface area (Å²) in [4.78, 5) is 29.9. The second kappa shape index (κ2) is 11.3. The Labute approximate surface area is 245 Å². The molecule has 1 N–H and O–H groups in total. The summed E-state index contributed by atoms with van der Waals surface area (Å²) in [6, 6.07) is 6.98. The van der Waals surface area contributed by atoms with Gasteiger partial charge in [0.25, 0.3) is 5.91 Å². The Morgan fingerprint density at radius 1 is 1.07 bits per heavy atom. The number of esters is 1. The molecule has 1 aromatic carbocycles. The topological polar surface area (TPSA) is 104 Å². The van der Waals surface area contributed by atoms with Crippen LogP contribution in [0.5, 0.6) is 0 Å². The number of amides is 1. The smallest absolute Gasteiger partial charge is 0.435 e. The Bertz CT molecular complexity index is 1650. The average Bonchev–Trinajstić information content (AvgIpc) is 3.50. The summed E-state index contributed by atoms with van der Waals surface area (Å²) in [7, 11) is 1.16. The van der Waals surface area contributed by atoms with Crippen LogP contribution >= 0.6 is 34.2 Å². The van der Waals surface area contributed by atoms with Gasteiger partial charge in [-0.1, -0.05) is 11.6 Å². The Balaban J connectivity index is 1.82. The number of hydrogen-bond donors (Lipinski definition) is 1. The average molecular weight is 713 g/mol. The van der Waals surface area contributed by atoms with Crippen LogP contribution in [-0.2, 0) is 23.6 Å². The van der Waals surface area contributed by atoms with E-state index in [4.69, 9.17) is 16.3 Å². The van der Waals surface area contributed by atoms with Crippen LogP contribution in [0.2, 0.25) is 5.02 Å². The molecular weight excluding hydrogens is 697 g/mol. The Hall–Kier alpha value is -3.67. The third-order valence-corrected chi connectivity index (χ3v) is 6.47. The van der Waals surface area contributed by atoms with Crippen LogP contribution in [-0.4, -0.2) is 43.5 Å². The van der Waals surface area contributed by atoms with Gasteiger partial charge < -0.3 is 10.1 Å². The van der Waals surface area contributed by atoms with E-state index >= 15 is 0 Å². The maximum Gasteiger partial charge on any atom is 0.435 e. The Morgan fingerprint density at radius 2 is 1.78 bits per heavy atom. The highest BCUT2D eigenvalue weighted by atomic mass is 127. The molecule has 0 fully saturated rings. The van der Waals surface area contributed by atoms with Crippen molar-refractivity contribution in [3.05, 3.63) is 85.1 Å². The largest absolute Gasteiger partial charge is 0.465 e. The second-order valence-electron chi connectivity index (χ2n) is 8.40. The minimum Gasteiger partial charge on any atom is -0.465 e. The third-order valence-electron chi connectivity index (χ3n) is 5.55. The first-order valence-corrected chi connectivity index (χ1v) is 12.7. The van der Waals surface area contributed by atoms with Crippen LogP contribution < -0.4 is 5.32 Å². The molecule has 17 heteroatoms. The van der Waals surface area contributed by atoms with Crippen LogP contribution in [0.15, 0.2) is 42.6 Å². The molecule has 0 aliphatic carbocycles. The van der Waals surface area contributed by atoms with Crippen molar-refractivity contribution in [2.75, 3.05) is 12.4 Å². The van der Waals surface area contributed by atoms with Gasteiger partial charge in [0.2, 0.25) is 0 Å². The summed E-state index contributed by atoms with van der Waals surface area (Å²) in [6.07, 6.45) is -9.00. The zero-order valence-electron chi connectivity index (χ0n) is 20.7. The van der Waals surface area contributed by atoms with Crippen LogP contribution in [0.3, 0.4) is 0 Å². The first-order chi connectivity index (χ1) is 19.1. The first-order valence-electron chi connectivity index (χ1n) is 11.2. The van der Waals surface area contributed by atoms with Crippen molar-refractivity contribution in [3.63, 3.8) is 0 Å². The molecule has 0 saturated heterocycles. The number of alkyl halides is 6. The molecule has 0 aliphatic heterocycles. The summed E-state index contributed by atoms with van der Waals surface area (Å²) < 4.78 is 86.6. The van der Waals surface area contributed by atoms with Gasteiger partial charge in [-0.2, -0.15) is 36.5 Å². The number of aromatic nitrogens is 5. The number of nitrogens with zero attached hydrogens (tertiary/aromatic N) is 5. The highest BCUT2D eigenvalue weighted by Crippen LogP contribution is 2.35. The lowest BCUT2D eigenvalue weighted by molar-refractivity contribution is -0.144. The van der Waals surface area contributed by atoms with Crippen LogP contribution in [0.1, 0.15) is 43.5 Å². The van der Waals surface area contributed by atoms with Gasteiger partial charge in [0, 0.05) is 15.8 Å². The van der Waals surface area contributed by atoms with Crippen molar-refractivity contribution >= 4 is 51.8 Å². The van der Waals surface area contributed by atoms with E-state index in [0.29, 0.717) is 9.13 Å². The van der Waals surface area contributed by atoms with E-state index in [1.54, 1.807) is 13.0 Å². The fraction of sp³-hybridized carbons (Fsp3) is 0.208. The number of anilines is 1. The van der Waals surface area contributed by atoms with Gasteiger partial charge in [-0.25, -0.2) is 14.5 Å². The molecule has 4 aromatic rings. The van der Waals surface area contributed by atoms with Crippen molar-refractivity contribution in [2.24, 2.45) is 0 Å². The lowest BCUT2D eigenvalue weighted by atomic mass is 10.1. The molecule has 1 amide bonds. The van der Waals surface area contributed by atoms with Crippen LogP contribution in [0.25, 0.3) is 5.82 Å². The number of ether oxygens (including phenoxy) is 1. The van der Waals surface area contributed by atoms with E-state index in [9.17, 15) is 35.9 Å². The summed E-state index contributed by atoms with van der Waals surface area (Å²) in [5.74, 6) is -1.72. The quantitative estimate of drug-likeness (QED) is 0.146. The lowest BCUT2D eigenvalue weighted by Gasteiger charge is -2.14. The van der Waals surface area contributed by atoms with Gasteiger partial charge >= 0.3 is 18.3 Å². The summed E-state index contributed by atoms with van der Waals surface area (Å²) >= 11 is 8.19. The van der Waals surface area contributed by atoms with Gasteiger partial charge in [0.1, 0.15) is 11.4 Å². The van der Waals surface area contributed by atoms with Gasteiger partial charge in [0.05, 0.1) is 35.6 Å². The zero-order valence-corrected chi connectivity index (χ0v) is 23.6. The molecule has 0 atom stereocenters. The minimum absolute atomic E-state index is 0.00585. The molecule has 4 rings (SSSR count). The standard InChI is InChI=1S/C24H16ClF6IN6O3/c1-11-6-12(32)7-14(22(40)41-2)19(11)34-21(39)16-8-13(35-38(16)20-15(25)4-3-5-33-20)10-37-18(24(29,30)31)9-17(36-37)23(26,27)28/h3-9H,10H2,1-2H3,(H,34,39). The lowest BCUT2D eigenvalue weighted by Crippen LogP contribution is -2.20. The van der Waals surface area contributed by atoms with Gasteiger partial charge in [-0.15, -0.1) is 0 Å². The summed E-state index contributed by atoms with van der Waals surface area (Å²) in [6.45, 7) is 0.732. The Morgan fingerprint density at radius 3 is 2.39 bits per heavy atom. The number of methoxy groups -OCH3 is 1. The predicted molar refractivity (Wildman–Crippen MR) is 141 cm³/mol. The normalized spacial score (nSPS) is 12.0. The van der Waals surface area contributed by atoms with E-state index in [2.05, 4.69) is 20.5 Å². The van der Waals surface area contributed by atoms with Crippen molar-refractivity contribution in [3.8, 4) is 5.82 Å². The predicted octanol–water partition coefficient (Wildman–Crippen LogP) is 6.16. The molecule has 3 aromatic heterocycles. The highest BCUT2D eigenvalue weighted by Gasteiger charge is 2.42. The molecule has 0 aliphatic rings. The van der Waals surface area contributed by atoms with Crippen molar-refractivity contribution in [2.45, 2.75) is 25.8 Å². The molecule has 0 radical (unpaired) electrons. The monoisotopic (exact) mass is 712 g/mol. The number of pyridine rings is 1. The fourth-order valence-electron chi connectivity index (χ4n) is 3.78. The van der Waals surface area contributed by atoms with E-state index in [1.807, 2.05) is 22.6 Å². The van der Waals surface area contributed by atoms with Gasteiger partial charge in [-0.05, 0) is 65.4 Å². The van der Waals surface area contributed by atoms with E-state index in [1.165, 1.54) is 24.4 Å². The first kappa shape index (κ1) is 30.3. The number of aryl methyl sites for hydroxylation is 1. The van der Waals surface area contributed by atoms with Crippen LogP contribution in [0.4, 0.5) is 32.0 Å². The molecule has 3 heterocycles.